The standard InChI is InChI=1S/C11H12N2O4/c1-8(14)12-13(7-10(15)16)11(17)9-5-3-2-4-6-9/h2-6H,7H2,1H3,(H,12,14)(H,15,16). The van der Waals surface area contributed by atoms with Gasteiger partial charge in [0.05, 0.1) is 0 Å². The monoisotopic (exact) mass is 236 g/mol. The van der Waals surface area contributed by atoms with Crippen LogP contribution >= 0.6 is 0 Å². The van der Waals surface area contributed by atoms with Crippen LogP contribution in [0.1, 0.15) is 17.3 Å². The second kappa shape index (κ2) is 5.64. The fraction of sp³-hybridized carbons (Fsp3) is 0.182. The Morgan fingerprint density at radius 1 is 1.24 bits per heavy atom. The minimum atomic E-state index is -1.21. The minimum absolute atomic E-state index is 0.308. The molecule has 6 heteroatoms. The van der Waals surface area contributed by atoms with E-state index in [0.717, 1.165) is 5.01 Å². The fourth-order valence-corrected chi connectivity index (χ4v) is 1.22. The van der Waals surface area contributed by atoms with Crippen molar-refractivity contribution in [3.8, 4) is 0 Å². The van der Waals surface area contributed by atoms with Gasteiger partial charge in [0.15, 0.2) is 0 Å². The number of carboxylic acid groups (broad SMARTS) is 1. The minimum Gasteiger partial charge on any atom is -0.480 e. The summed E-state index contributed by atoms with van der Waals surface area (Å²) in [6.07, 6.45) is 0. The SMILES string of the molecule is CC(=O)NN(CC(=O)O)C(=O)c1ccccc1. The highest BCUT2D eigenvalue weighted by atomic mass is 16.4. The van der Waals surface area contributed by atoms with E-state index in [1.807, 2.05) is 0 Å². The van der Waals surface area contributed by atoms with Crippen molar-refractivity contribution in [2.45, 2.75) is 6.92 Å². The molecular formula is C11H12N2O4. The largest absolute Gasteiger partial charge is 0.480 e. The summed E-state index contributed by atoms with van der Waals surface area (Å²) in [5, 5.41) is 9.41. The molecule has 0 atom stereocenters. The number of rotatable bonds is 3. The van der Waals surface area contributed by atoms with Crippen LogP contribution in [0.2, 0.25) is 0 Å². The number of carbonyl (C=O) groups excluding carboxylic acids is 2. The van der Waals surface area contributed by atoms with E-state index < -0.39 is 24.3 Å². The van der Waals surface area contributed by atoms with Crippen LogP contribution in [-0.4, -0.2) is 34.4 Å². The van der Waals surface area contributed by atoms with Crippen LogP contribution in [0.5, 0.6) is 0 Å². The number of nitrogens with zero attached hydrogens (tertiary/aromatic N) is 1. The molecule has 0 saturated heterocycles. The molecule has 0 aliphatic rings. The number of hydrazine groups is 1. The van der Waals surface area contributed by atoms with Crippen LogP contribution in [-0.2, 0) is 9.59 Å². The molecule has 1 aromatic carbocycles. The number of amides is 2. The molecule has 1 rings (SSSR count). The van der Waals surface area contributed by atoms with Crippen LogP contribution in [0, 0.1) is 0 Å². The van der Waals surface area contributed by atoms with Crippen molar-refractivity contribution in [2.75, 3.05) is 6.54 Å². The highest BCUT2D eigenvalue weighted by Gasteiger charge is 2.19. The summed E-state index contributed by atoms with van der Waals surface area (Å²) in [6, 6.07) is 8.12. The maximum atomic E-state index is 11.9. The van der Waals surface area contributed by atoms with E-state index >= 15 is 0 Å². The zero-order valence-electron chi connectivity index (χ0n) is 9.21. The van der Waals surface area contributed by atoms with Crippen molar-refractivity contribution in [2.24, 2.45) is 0 Å². The molecule has 0 aliphatic carbocycles. The number of aliphatic carboxylic acids is 1. The third-order valence-corrected chi connectivity index (χ3v) is 1.85. The molecule has 0 aliphatic heterocycles. The molecule has 0 bridgehead atoms. The molecule has 1 aromatic rings. The molecule has 0 aromatic heterocycles. The highest BCUT2D eigenvalue weighted by molar-refractivity contribution is 5.96. The Labute approximate surface area is 97.8 Å². The molecule has 0 radical (unpaired) electrons. The Morgan fingerprint density at radius 2 is 1.82 bits per heavy atom. The van der Waals surface area contributed by atoms with Crippen molar-refractivity contribution in [3.05, 3.63) is 35.9 Å². The van der Waals surface area contributed by atoms with Gasteiger partial charge in [-0.15, -0.1) is 0 Å². The van der Waals surface area contributed by atoms with Crippen LogP contribution < -0.4 is 5.43 Å². The Kier molecular flexibility index (Phi) is 4.21. The number of nitrogens with one attached hydrogen (secondary N) is 1. The molecule has 0 unspecified atom stereocenters. The van der Waals surface area contributed by atoms with Crippen molar-refractivity contribution >= 4 is 17.8 Å². The molecule has 2 N–H and O–H groups in total. The van der Waals surface area contributed by atoms with E-state index in [-0.39, 0.29) is 0 Å². The van der Waals surface area contributed by atoms with E-state index in [0.29, 0.717) is 5.56 Å². The van der Waals surface area contributed by atoms with Gasteiger partial charge >= 0.3 is 5.97 Å². The summed E-state index contributed by atoms with van der Waals surface area (Å²) in [7, 11) is 0. The van der Waals surface area contributed by atoms with E-state index in [1.54, 1.807) is 30.3 Å². The number of hydrogen-bond donors (Lipinski definition) is 2. The van der Waals surface area contributed by atoms with Gasteiger partial charge in [-0.2, -0.15) is 0 Å². The lowest BCUT2D eigenvalue weighted by molar-refractivity contribution is -0.139. The Bertz CT molecular complexity index is 414. The smallest absolute Gasteiger partial charge is 0.325 e. The first-order chi connectivity index (χ1) is 8.00. The third-order valence-electron chi connectivity index (χ3n) is 1.85. The number of carboxylic acids is 1. The van der Waals surface area contributed by atoms with E-state index in [1.165, 1.54) is 6.92 Å². The number of hydrogen-bond acceptors (Lipinski definition) is 3. The zero-order valence-corrected chi connectivity index (χ0v) is 9.21. The first kappa shape index (κ1) is 12.7. The maximum Gasteiger partial charge on any atom is 0.325 e. The first-order valence-electron chi connectivity index (χ1n) is 4.86. The molecular weight excluding hydrogens is 224 g/mol. The average Bonchev–Trinajstić information content (AvgIpc) is 2.27. The van der Waals surface area contributed by atoms with Gasteiger partial charge in [-0.3, -0.25) is 19.8 Å². The lowest BCUT2D eigenvalue weighted by atomic mass is 10.2. The van der Waals surface area contributed by atoms with Gasteiger partial charge in [-0.05, 0) is 12.1 Å². The number of benzene rings is 1. The lowest BCUT2D eigenvalue weighted by Crippen LogP contribution is -2.47. The zero-order chi connectivity index (χ0) is 12.8. The molecule has 2 amide bonds. The molecule has 90 valence electrons. The Balaban J connectivity index is 2.86. The summed E-state index contributed by atoms with van der Waals surface area (Å²) in [5.74, 6) is -2.28. The second-order valence-electron chi connectivity index (χ2n) is 3.32. The summed E-state index contributed by atoms with van der Waals surface area (Å²) >= 11 is 0. The van der Waals surface area contributed by atoms with E-state index in [2.05, 4.69) is 5.43 Å². The summed E-state index contributed by atoms with van der Waals surface area (Å²) in [4.78, 5) is 33.3. The van der Waals surface area contributed by atoms with Gasteiger partial charge in [-0.1, -0.05) is 18.2 Å². The van der Waals surface area contributed by atoms with E-state index in [4.69, 9.17) is 5.11 Å². The predicted octanol–water partition coefficient (Wildman–Crippen LogP) is 0.264. The lowest BCUT2D eigenvalue weighted by Gasteiger charge is -2.20. The Hall–Kier alpha value is -2.37. The predicted molar refractivity (Wildman–Crippen MR) is 58.9 cm³/mol. The van der Waals surface area contributed by atoms with Crippen LogP contribution in [0.3, 0.4) is 0 Å². The van der Waals surface area contributed by atoms with Crippen LogP contribution in [0.4, 0.5) is 0 Å². The molecule has 0 spiro atoms. The second-order valence-corrected chi connectivity index (χ2v) is 3.32. The molecule has 6 nitrogen and oxygen atoms in total. The van der Waals surface area contributed by atoms with Crippen LogP contribution in [0.25, 0.3) is 0 Å². The normalized spacial score (nSPS) is 9.47. The molecule has 0 heterocycles. The number of carbonyl (C=O) groups is 3. The Morgan fingerprint density at radius 3 is 2.29 bits per heavy atom. The maximum absolute atomic E-state index is 11.9. The molecule has 17 heavy (non-hydrogen) atoms. The average molecular weight is 236 g/mol. The fourth-order valence-electron chi connectivity index (χ4n) is 1.22. The summed E-state index contributed by atoms with van der Waals surface area (Å²) < 4.78 is 0. The molecule has 0 saturated carbocycles. The topological polar surface area (TPSA) is 86.7 Å². The van der Waals surface area contributed by atoms with Crippen LogP contribution in [0.15, 0.2) is 30.3 Å². The van der Waals surface area contributed by atoms with Crippen molar-refractivity contribution < 1.29 is 19.5 Å². The highest BCUT2D eigenvalue weighted by Crippen LogP contribution is 2.02. The first-order valence-corrected chi connectivity index (χ1v) is 4.86. The van der Waals surface area contributed by atoms with Gasteiger partial charge in [0.25, 0.3) is 5.91 Å². The van der Waals surface area contributed by atoms with Gasteiger partial charge in [0.1, 0.15) is 6.54 Å². The van der Waals surface area contributed by atoms with E-state index in [9.17, 15) is 14.4 Å². The summed E-state index contributed by atoms with van der Waals surface area (Å²) in [6.45, 7) is 0.612. The summed E-state index contributed by atoms with van der Waals surface area (Å²) in [5.41, 5.74) is 2.48. The third kappa shape index (κ3) is 3.94. The van der Waals surface area contributed by atoms with Gasteiger partial charge in [-0.25, -0.2) is 5.01 Å². The van der Waals surface area contributed by atoms with Gasteiger partial charge < -0.3 is 5.11 Å². The van der Waals surface area contributed by atoms with Crippen molar-refractivity contribution in [3.63, 3.8) is 0 Å². The van der Waals surface area contributed by atoms with Crippen molar-refractivity contribution in [1.82, 2.24) is 10.4 Å². The molecule has 0 fully saturated rings. The van der Waals surface area contributed by atoms with Gasteiger partial charge in [0, 0.05) is 12.5 Å². The van der Waals surface area contributed by atoms with Gasteiger partial charge in [0.2, 0.25) is 5.91 Å². The quantitative estimate of drug-likeness (QED) is 0.737. The van der Waals surface area contributed by atoms with Crippen molar-refractivity contribution in [1.29, 1.82) is 0 Å².